The van der Waals surface area contributed by atoms with Crippen molar-refractivity contribution in [1.29, 1.82) is 0 Å². The number of nitrogens with zero attached hydrogens (tertiary/aromatic N) is 1. The van der Waals surface area contributed by atoms with Gasteiger partial charge < -0.3 is 29.0 Å². The van der Waals surface area contributed by atoms with Crippen molar-refractivity contribution < 1.29 is 64.4 Å². The summed E-state index contributed by atoms with van der Waals surface area (Å²) >= 11 is 0. The standard InChI is InChI=1S/C22H28F7NO7/c1-3-11-36-19(33)30(10-13-37-22(28,29)20(23,24)21(25,26)27)9-12-35-16-7-5-15(6-8-16)14-17(18(31)32)34-4-2/h5-8,17H,3-4,9-14H2,1-2H3,(H,31,32). The van der Waals surface area contributed by atoms with Crippen LogP contribution in [-0.2, 0) is 25.4 Å². The van der Waals surface area contributed by atoms with Gasteiger partial charge in [0.25, 0.3) is 0 Å². The number of carbonyl (C=O) groups excluding carboxylic acids is 1. The largest absolute Gasteiger partial charge is 0.492 e. The molecule has 0 saturated carbocycles. The highest BCUT2D eigenvalue weighted by atomic mass is 19.4. The smallest absolute Gasteiger partial charge is 0.462 e. The zero-order valence-corrected chi connectivity index (χ0v) is 20.0. The molecule has 1 unspecified atom stereocenters. The van der Waals surface area contributed by atoms with Crippen molar-refractivity contribution in [3.8, 4) is 5.75 Å². The van der Waals surface area contributed by atoms with E-state index < -0.39 is 49.5 Å². The summed E-state index contributed by atoms with van der Waals surface area (Å²) in [6.07, 6.45) is -14.0. The number of carbonyl (C=O) groups is 2. The van der Waals surface area contributed by atoms with Crippen LogP contribution in [0.5, 0.6) is 5.75 Å². The third-order valence-corrected chi connectivity index (χ3v) is 4.67. The maximum atomic E-state index is 13.3. The number of hydrogen-bond donors (Lipinski definition) is 1. The molecule has 1 aromatic carbocycles. The van der Waals surface area contributed by atoms with Crippen molar-refractivity contribution in [2.75, 3.05) is 39.5 Å². The minimum atomic E-state index is -6.54. The van der Waals surface area contributed by atoms with E-state index in [1.807, 2.05) is 0 Å². The van der Waals surface area contributed by atoms with Crippen LogP contribution in [0, 0.1) is 0 Å². The molecule has 0 radical (unpaired) electrons. The predicted molar refractivity (Wildman–Crippen MR) is 114 cm³/mol. The van der Waals surface area contributed by atoms with E-state index in [9.17, 15) is 40.3 Å². The highest BCUT2D eigenvalue weighted by Gasteiger charge is 2.74. The number of benzene rings is 1. The van der Waals surface area contributed by atoms with Crippen LogP contribution in [0.15, 0.2) is 24.3 Å². The summed E-state index contributed by atoms with van der Waals surface area (Å²) < 4.78 is 108. The number of aliphatic carboxylic acids is 1. The van der Waals surface area contributed by atoms with Gasteiger partial charge in [-0.15, -0.1) is 0 Å². The maximum Gasteiger partial charge on any atom is 0.462 e. The topological polar surface area (TPSA) is 94.5 Å². The molecule has 8 nitrogen and oxygen atoms in total. The Morgan fingerprint density at radius 1 is 0.946 bits per heavy atom. The number of rotatable bonds is 16. The van der Waals surface area contributed by atoms with Gasteiger partial charge in [-0.05, 0) is 31.0 Å². The first-order chi connectivity index (χ1) is 17.2. The summed E-state index contributed by atoms with van der Waals surface area (Å²) in [5, 5.41) is 9.14. The third-order valence-electron chi connectivity index (χ3n) is 4.67. The van der Waals surface area contributed by atoms with Crippen molar-refractivity contribution in [3.63, 3.8) is 0 Å². The summed E-state index contributed by atoms with van der Waals surface area (Å²) in [6, 6.07) is 6.16. The van der Waals surface area contributed by atoms with E-state index in [0.717, 1.165) is 4.90 Å². The van der Waals surface area contributed by atoms with Gasteiger partial charge in [-0.1, -0.05) is 19.1 Å². The molecule has 1 aromatic rings. The van der Waals surface area contributed by atoms with Gasteiger partial charge in [0.05, 0.1) is 19.8 Å². The molecule has 0 saturated heterocycles. The van der Waals surface area contributed by atoms with Gasteiger partial charge >= 0.3 is 30.3 Å². The van der Waals surface area contributed by atoms with E-state index in [-0.39, 0.29) is 32.8 Å². The SMILES string of the molecule is CCCOC(=O)N(CCOc1ccc(CC(OCC)C(=O)O)cc1)CCOC(F)(F)C(F)(F)C(F)(F)F. The molecule has 0 aliphatic rings. The van der Waals surface area contributed by atoms with Crippen molar-refractivity contribution >= 4 is 12.1 Å². The fraction of sp³-hybridized carbons (Fsp3) is 0.636. The quantitative estimate of drug-likeness (QED) is 0.296. The number of carboxylic acid groups (broad SMARTS) is 1. The third kappa shape index (κ3) is 9.87. The van der Waals surface area contributed by atoms with Crippen LogP contribution in [0.3, 0.4) is 0 Å². The Kier molecular flexibility index (Phi) is 12.4. The fourth-order valence-electron chi connectivity index (χ4n) is 2.74. The van der Waals surface area contributed by atoms with Crippen molar-refractivity contribution in [2.45, 2.75) is 51.0 Å². The summed E-state index contributed by atoms with van der Waals surface area (Å²) in [5.41, 5.74) is 0.631. The van der Waals surface area contributed by atoms with Crippen LogP contribution in [0.2, 0.25) is 0 Å². The van der Waals surface area contributed by atoms with Crippen LogP contribution in [-0.4, -0.2) is 85.9 Å². The van der Waals surface area contributed by atoms with E-state index >= 15 is 0 Å². The summed E-state index contributed by atoms with van der Waals surface area (Å²) in [5.74, 6) is -7.27. The summed E-state index contributed by atoms with van der Waals surface area (Å²) in [6.45, 7) is 0.806. The van der Waals surface area contributed by atoms with Gasteiger partial charge in [0, 0.05) is 19.6 Å². The molecule has 0 aliphatic carbocycles. The van der Waals surface area contributed by atoms with E-state index in [1.54, 1.807) is 26.0 Å². The van der Waals surface area contributed by atoms with Gasteiger partial charge in [0.15, 0.2) is 6.10 Å². The average molecular weight is 551 g/mol. The molecule has 0 heterocycles. The molecule has 212 valence electrons. The van der Waals surface area contributed by atoms with Gasteiger partial charge in [-0.25, -0.2) is 9.59 Å². The highest BCUT2D eigenvalue weighted by Crippen LogP contribution is 2.46. The first kappa shape index (κ1) is 32.2. The van der Waals surface area contributed by atoms with Crippen LogP contribution >= 0.6 is 0 Å². The molecule has 1 amide bonds. The van der Waals surface area contributed by atoms with E-state index in [4.69, 9.17) is 19.3 Å². The zero-order chi connectivity index (χ0) is 28.3. The number of ether oxygens (including phenoxy) is 4. The number of halogens is 7. The molecule has 0 fully saturated rings. The lowest BCUT2D eigenvalue weighted by atomic mass is 10.1. The molecule has 37 heavy (non-hydrogen) atoms. The van der Waals surface area contributed by atoms with Crippen molar-refractivity contribution in [1.82, 2.24) is 4.90 Å². The number of amides is 1. The van der Waals surface area contributed by atoms with Crippen LogP contribution in [0.1, 0.15) is 25.8 Å². The molecule has 0 aromatic heterocycles. The molecular formula is C22H28F7NO7. The average Bonchev–Trinajstić information content (AvgIpc) is 2.81. The molecule has 0 spiro atoms. The molecule has 1 N–H and O–H groups in total. The number of alkyl halides is 7. The van der Waals surface area contributed by atoms with E-state index in [0.29, 0.717) is 17.7 Å². The molecule has 1 rings (SSSR count). The second-order valence-corrected chi connectivity index (χ2v) is 7.52. The molecule has 15 heteroatoms. The Hall–Kier alpha value is -2.81. The predicted octanol–water partition coefficient (Wildman–Crippen LogP) is 4.75. The van der Waals surface area contributed by atoms with Crippen LogP contribution < -0.4 is 4.74 Å². The Morgan fingerprint density at radius 2 is 1.54 bits per heavy atom. The van der Waals surface area contributed by atoms with E-state index in [1.165, 1.54) is 12.1 Å². The summed E-state index contributed by atoms with van der Waals surface area (Å²) in [4.78, 5) is 24.1. The Labute approximate surface area is 208 Å². The fourth-order valence-corrected chi connectivity index (χ4v) is 2.74. The van der Waals surface area contributed by atoms with Gasteiger partial charge in [-0.3, -0.25) is 0 Å². The summed E-state index contributed by atoms with van der Waals surface area (Å²) in [7, 11) is 0. The Bertz CT molecular complexity index is 851. The maximum absolute atomic E-state index is 13.3. The second kappa shape index (κ2) is 14.2. The Morgan fingerprint density at radius 3 is 2.05 bits per heavy atom. The highest BCUT2D eigenvalue weighted by molar-refractivity contribution is 5.72. The molecule has 1 atom stereocenters. The second-order valence-electron chi connectivity index (χ2n) is 7.52. The van der Waals surface area contributed by atoms with E-state index in [2.05, 4.69) is 4.74 Å². The normalized spacial score (nSPS) is 13.2. The lowest BCUT2D eigenvalue weighted by Gasteiger charge is -2.28. The minimum absolute atomic E-state index is 0.0557. The van der Waals surface area contributed by atoms with Crippen molar-refractivity contribution in [2.24, 2.45) is 0 Å². The molecular weight excluding hydrogens is 523 g/mol. The van der Waals surface area contributed by atoms with Gasteiger partial charge in [-0.2, -0.15) is 30.7 Å². The lowest BCUT2D eigenvalue weighted by molar-refractivity contribution is -0.423. The van der Waals surface area contributed by atoms with Gasteiger partial charge in [0.1, 0.15) is 12.4 Å². The zero-order valence-electron chi connectivity index (χ0n) is 20.0. The first-order valence-corrected chi connectivity index (χ1v) is 11.1. The lowest BCUT2D eigenvalue weighted by Crippen LogP contribution is -2.54. The Balaban J connectivity index is 2.71. The number of carboxylic acids is 1. The number of hydrogen-bond acceptors (Lipinski definition) is 6. The monoisotopic (exact) mass is 551 g/mol. The van der Waals surface area contributed by atoms with Gasteiger partial charge in [0.2, 0.25) is 0 Å². The molecule has 0 aliphatic heterocycles. The van der Waals surface area contributed by atoms with Crippen LogP contribution in [0.4, 0.5) is 35.5 Å². The molecule has 0 bridgehead atoms. The minimum Gasteiger partial charge on any atom is -0.492 e. The first-order valence-electron chi connectivity index (χ1n) is 11.1. The van der Waals surface area contributed by atoms with Crippen LogP contribution in [0.25, 0.3) is 0 Å². The van der Waals surface area contributed by atoms with Crippen molar-refractivity contribution in [3.05, 3.63) is 29.8 Å².